The highest BCUT2D eigenvalue weighted by Crippen LogP contribution is 2.31. The third kappa shape index (κ3) is 5.51. The summed E-state index contributed by atoms with van der Waals surface area (Å²) in [4.78, 5) is 24.1. The van der Waals surface area contributed by atoms with Gasteiger partial charge in [-0.15, -0.1) is 0 Å². The van der Waals surface area contributed by atoms with Gasteiger partial charge in [-0.3, -0.25) is 4.79 Å². The largest absolute Gasteiger partial charge is 0.436 e. The number of nitrogens with one attached hydrogen (secondary N) is 1. The number of piperidine rings is 1. The Morgan fingerprint density at radius 3 is 2.48 bits per heavy atom. The minimum Gasteiger partial charge on any atom is -0.436 e. The molecule has 1 saturated heterocycles. The number of hydrogen-bond acceptors (Lipinski definition) is 5. The molecule has 1 aromatic heterocycles. The number of hydrogen-bond donors (Lipinski definition) is 1. The second-order valence-corrected chi connectivity index (χ2v) is 8.96. The first-order valence-electron chi connectivity index (χ1n) is 11.6. The quantitative estimate of drug-likeness (QED) is 0.560. The second-order valence-electron chi connectivity index (χ2n) is 8.96. The Morgan fingerprint density at radius 2 is 1.76 bits per heavy atom. The van der Waals surface area contributed by atoms with Crippen LogP contribution in [0.1, 0.15) is 48.1 Å². The molecule has 0 spiro atoms. The first-order valence-corrected chi connectivity index (χ1v) is 11.6. The molecule has 6 nitrogen and oxygen atoms in total. The molecule has 0 saturated carbocycles. The van der Waals surface area contributed by atoms with Gasteiger partial charge in [0.1, 0.15) is 5.75 Å². The Hall–Kier alpha value is -3.41. The van der Waals surface area contributed by atoms with Gasteiger partial charge in [0.05, 0.1) is 6.04 Å². The van der Waals surface area contributed by atoms with Crippen molar-refractivity contribution in [3.8, 4) is 11.6 Å². The van der Waals surface area contributed by atoms with E-state index in [0.29, 0.717) is 5.88 Å². The average Bonchev–Trinajstić information content (AvgIpc) is 2.79. The van der Waals surface area contributed by atoms with Crippen molar-refractivity contribution in [1.82, 2.24) is 15.3 Å². The van der Waals surface area contributed by atoms with Crippen LogP contribution in [0.5, 0.6) is 11.6 Å². The highest BCUT2D eigenvalue weighted by Gasteiger charge is 2.28. The predicted molar refractivity (Wildman–Crippen MR) is 131 cm³/mol. The molecule has 1 unspecified atom stereocenters. The number of benzene rings is 2. The van der Waals surface area contributed by atoms with Crippen molar-refractivity contribution in [2.45, 2.75) is 46.6 Å². The van der Waals surface area contributed by atoms with Crippen molar-refractivity contribution in [1.29, 1.82) is 0 Å². The molecule has 0 bridgehead atoms. The van der Waals surface area contributed by atoms with E-state index in [2.05, 4.69) is 59.2 Å². The summed E-state index contributed by atoms with van der Waals surface area (Å²) in [7, 11) is 0. The van der Waals surface area contributed by atoms with Crippen molar-refractivity contribution < 1.29 is 9.53 Å². The Balaban J connectivity index is 1.37. The van der Waals surface area contributed by atoms with Crippen LogP contribution in [0.15, 0.2) is 54.9 Å². The number of aromatic nitrogens is 2. The van der Waals surface area contributed by atoms with Crippen LogP contribution in [0.2, 0.25) is 0 Å². The third-order valence-corrected chi connectivity index (χ3v) is 6.27. The zero-order valence-corrected chi connectivity index (χ0v) is 19.8. The van der Waals surface area contributed by atoms with Crippen LogP contribution in [0.3, 0.4) is 0 Å². The van der Waals surface area contributed by atoms with E-state index in [9.17, 15) is 4.79 Å². The molecule has 2 heterocycles. The van der Waals surface area contributed by atoms with E-state index in [1.165, 1.54) is 16.7 Å². The maximum atomic E-state index is 13.0. The van der Waals surface area contributed by atoms with E-state index in [1.807, 2.05) is 31.2 Å². The van der Waals surface area contributed by atoms with Crippen LogP contribution >= 0.6 is 0 Å². The van der Waals surface area contributed by atoms with E-state index in [4.69, 9.17) is 4.74 Å². The summed E-state index contributed by atoms with van der Waals surface area (Å²) < 4.78 is 6.04. The fourth-order valence-corrected chi connectivity index (χ4v) is 4.47. The number of nitrogens with zero attached hydrogens (tertiary/aromatic N) is 3. The van der Waals surface area contributed by atoms with Crippen molar-refractivity contribution in [2.75, 3.05) is 18.0 Å². The zero-order valence-electron chi connectivity index (χ0n) is 19.8. The molecular formula is C27H32N4O2. The van der Waals surface area contributed by atoms with Gasteiger partial charge in [0.25, 0.3) is 5.88 Å². The van der Waals surface area contributed by atoms with Gasteiger partial charge in [0.2, 0.25) is 5.91 Å². The lowest BCUT2D eigenvalue weighted by molar-refractivity contribution is -0.126. The van der Waals surface area contributed by atoms with Crippen molar-refractivity contribution in [3.05, 3.63) is 77.1 Å². The fourth-order valence-electron chi connectivity index (χ4n) is 4.47. The van der Waals surface area contributed by atoms with Gasteiger partial charge < -0.3 is 15.0 Å². The molecule has 0 radical (unpaired) electrons. The minimum atomic E-state index is -0.00884. The molecule has 1 fully saturated rings. The lowest BCUT2D eigenvalue weighted by Gasteiger charge is -2.33. The monoisotopic (exact) mass is 444 g/mol. The van der Waals surface area contributed by atoms with Crippen LogP contribution < -0.4 is 15.0 Å². The summed E-state index contributed by atoms with van der Waals surface area (Å²) in [5.41, 5.74) is 4.74. The van der Waals surface area contributed by atoms with Crippen LogP contribution in [-0.2, 0) is 4.79 Å². The molecular weight excluding hydrogens is 412 g/mol. The van der Waals surface area contributed by atoms with Crippen LogP contribution in [-0.4, -0.2) is 29.0 Å². The zero-order chi connectivity index (χ0) is 23.4. The molecule has 172 valence electrons. The van der Waals surface area contributed by atoms with Crippen LogP contribution in [0, 0.1) is 26.7 Å². The topological polar surface area (TPSA) is 67.4 Å². The predicted octanol–water partition coefficient (Wildman–Crippen LogP) is 5.29. The Labute approximate surface area is 196 Å². The summed E-state index contributed by atoms with van der Waals surface area (Å²) in [6, 6.07) is 14.2. The van der Waals surface area contributed by atoms with Gasteiger partial charge in [-0.2, -0.15) is 0 Å². The molecule has 1 aliphatic rings. The van der Waals surface area contributed by atoms with Gasteiger partial charge in [-0.1, -0.05) is 35.9 Å². The Bertz CT molecular complexity index is 1120. The summed E-state index contributed by atoms with van der Waals surface area (Å²) in [5, 5.41) is 3.22. The lowest BCUT2D eigenvalue weighted by Crippen LogP contribution is -2.41. The standard InChI is InChI=1S/C27H32N4O2/c1-18-6-5-7-23(17-18)33-27-25(28-12-13-29-27)31-14-10-22(11-15-31)26(32)30-21(4)24-9-8-19(2)16-20(24)3/h5-9,12-13,16-17,21-22H,10-11,14-15H2,1-4H3,(H,30,32). The summed E-state index contributed by atoms with van der Waals surface area (Å²) in [5.74, 6) is 2.08. The molecule has 4 rings (SSSR count). The number of carbonyl (C=O) groups excluding carboxylic acids is 1. The minimum absolute atomic E-state index is 0.00716. The van der Waals surface area contributed by atoms with Gasteiger partial charge in [-0.05, 0) is 69.4 Å². The van der Waals surface area contributed by atoms with Gasteiger partial charge in [-0.25, -0.2) is 9.97 Å². The summed E-state index contributed by atoms with van der Waals surface area (Å²) in [6.45, 7) is 9.74. The second kappa shape index (κ2) is 10.0. The van der Waals surface area contributed by atoms with E-state index < -0.39 is 0 Å². The number of rotatable bonds is 6. The Kier molecular flexibility index (Phi) is 6.92. The van der Waals surface area contributed by atoms with E-state index in [0.717, 1.165) is 43.1 Å². The molecule has 6 heteroatoms. The molecule has 1 amide bonds. The first-order chi connectivity index (χ1) is 15.9. The first kappa shape index (κ1) is 22.8. The van der Waals surface area contributed by atoms with E-state index >= 15 is 0 Å². The number of aryl methyl sites for hydroxylation is 3. The normalized spacial score (nSPS) is 15.2. The maximum Gasteiger partial charge on any atom is 0.263 e. The highest BCUT2D eigenvalue weighted by molar-refractivity contribution is 5.79. The fraction of sp³-hybridized carbons (Fsp3) is 0.370. The molecule has 33 heavy (non-hydrogen) atoms. The number of anilines is 1. The van der Waals surface area contributed by atoms with E-state index in [1.54, 1.807) is 12.4 Å². The third-order valence-electron chi connectivity index (χ3n) is 6.27. The van der Waals surface area contributed by atoms with Crippen molar-refractivity contribution >= 4 is 11.7 Å². The maximum absolute atomic E-state index is 13.0. The van der Waals surface area contributed by atoms with Crippen LogP contribution in [0.25, 0.3) is 0 Å². The lowest BCUT2D eigenvalue weighted by atomic mass is 9.94. The van der Waals surface area contributed by atoms with Crippen LogP contribution in [0.4, 0.5) is 5.82 Å². The van der Waals surface area contributed by atoms with Crippen molar-refractivity contribution in [2.24, 2.45) is 5.92 Å². The Morgan fingerprint density at radius 1 is 1.03 bits per heavy atom. The highest BCUT2D eigenvalue weighted by atomic mass is 16.5. The molecule has 1 atom stereocenters. The van der Waals surface area contributed by atoms with Gasteiger partial charge in [0, 0.05) is 31.4 Å². The molecule has 1 aliphatic heterocycles. The average molecular weight is 445 g/mol. The smallest absolute Gasteiger partial charge is 0.263 e. The molecule has 2 aromatic carbocycles. The number of carbonyl (C=O) groups is 1. The number of ether oxygens (including phenoxy) is 1. The molecule has 0 aliphatic carbocycles. The summed E-state index contributed by atoms with van der Waals surface area (Å²) >= 11 is 0. The van der Waals surface area contributed by atoms with Gasteiger partial charge in [0.15, 0.2) is 5.82 Å². The SMILES string of the molecule is Cc1cccc(Oc2nccnc2N2CCC(C(=O)NC(C)c3ccc(C)cc3C)CC2)c1. The molecule has 1 N–H and O–H groups in total. The van der Waals surface area contributed by atoms with Gasteiger partial charge >= 0.3 is 0 Å². The molecule has 3 aromatic rings. The van der Waals surface area contributed by atoms with E-state index in [-0.39, 0.29) is 17.9 Å². The number of amides is 1. The summed E-state index contributed by atoms with van der Waals surface area (Å²) in [6.07, 6.45) is 4.86. The van der Waals surface area contributed by atoms with Crippen molar-refractivity contribution in [3.63, 3.8) is 0 Å².